The summed E-state index contributed by atoms with van der Waals surface area (Å²) in [4.78, 5) is 38.2. The molecule has 3 amide bonds. The van der Waals surface area contributed by atoms with Gasteiger partial charge in [-0.1, -0.05) is 25.1 Å². The molecule has 2 N–H and O–H groups in total. The first kappa shape index (κ1) is 22.0. The van der Waals surface area contributed by atoms with Crippen molar-refractivity contribution in [3.05, 3.63) is 47.2 Å². The van der Waals surface area contributed by atoms with E-state index in [4.69, 9.17) is 4.52 Å². The molecular weight excluding hydrogens is 386 g/mol. The zero-order valence-corrected chi connectivity index (χ0v) is 16.5. The number of hydrogen-bond donors (Lipinski definition) is 2. The zero-order valence-electron chi connectivity index (χ0n) is 16.5. The molecule has 2 aromatic rings. The Hall–Kier alpha value is -3.30. The number of halogens is 2. The first-order valence-corrected chi connectivity index (χ1v) is 8.83. The van der Waals surface area contributed by atoms with Crippen LogP contribution in [0.5, 0.6) is 0 Å². The van der Waals surface area contributed by atoms with E-state index in [1.165, 1.54) is 13.1 Å². The Morgan fingerprint density at radius 2 is 1.83 bits per heavy atom. The maximum atomic E-state index is 13.8. The minimum Gasteiger partial charge on any atom is -0.360 e. The van der Waals surface area contributed by atoms with Crippen LogP contribution in [-0.2, 0) is 9.59 Å². The number of nitrogens with zero attached hydrogens (tertiary/aromatic N) is 2. The van der Waals surface area contributed by atoms with Crippen LogP contribution in [0.4, 0.5) is 14.6 Å². The molecule has 0 saturated heterocycles. The number of benzene rings is 1. The van der Waals surface area contributed by atoms with Crippen LogP contribution in [0.25, 0.3) is 0 Å². The topological polar surface area (TPSA) is 105 Å². The fourth-order valence-electron chi connectivity index (χ4n) is 2.58. The Labute approximate surface area is 166 Å². The largest absolute Gasteiger partial charge is 0.360 e. The molecule has 1 unspecified atom stereocenters. The van der Waals surface area contributed by atoms with Gasteiger partial charge in [-0.2, -0.15) is 0 Å². The van der Waals surface area contributed by atoms with Gasteiger partial charge < -0.3 is 20.1 Å². The fourth-order valence-corrected chi connectivity index (χ4v) is 2.58. The lowest BCUT2D eigenvalue weighted by Gasteiger charge is -2.26. The van der Waals surface area contributed by atoms with Gasteiger partial charge in [-0.15, -0.1) is 0 Å². The molecule has 0 aliphatic heterocycles. The molecule has 156 valence electrons. The van der Waals surface area contributed by atoms with Gasteiger partial charge in [-0.25, -0.2) is 8.78 Å². The Morgan fingerprint density at radius 1 is 1.21 bits per heavy atom. The first-order chi connectivity index (χ1) is 13.6. The molecule has 8 nitrogen and oxygen atoms in total. The van der Waals surface area contributed by atoms with Crippen molar-refractivity contribution in [1.82, 2.24) is 15.4 Å². The zero-order chi connectivity index (χ0) is 21.7. The second-order valence-corrected chi connectivity index (χ2v) is 6.86. The van der Waals surface area contributed by atoms with Gasteiger partial charge in [0.1, 0.15) is 29.0 Å². The quantitative estimate of drug-likeness (QED) is 0.730. The van der Waals surface area contributed by atoms with Crippen molar-refractivity contribution in [2.24, 2.45) is 5.92 Å². The van der Waals surface area contributed by atoms with Gasteiger partial charge in [0.15, 0.2) is 5.82 Å². The molecule has 0 bridgehead atoms. The number of carbonyl (C=O) groups excluding carboxylic acids is 3. The van der Waals surface area contributed by atoms with Crippen molar-refractivity contribution < 1.29 is 27.7 Å². The third-order valence-corrected chi connectivity index (χ3v) is 4.06. The number of likely N-dealkylation sites (N-methyl/N-ethyl adjacent to an activating group) is 1. The average Bonchev–Trinajstić information content (AvgIpc) is 3.03. The monoisotopic (exact) mass is 408 g/mol. The summed E-state index contributed by atoms with van der Waals surface area (Å²) in [6.45, 7) is 4.66. The van der Waals surface area contributed by atoms with Crippen LogP contribution in [0.1, 0.15) is 30.0 Å². The molecule has 0 fully saturated rings. The smallest absolute Gasteiger partial charge is 0.257 e. The minimum atomic E-state index is -1.09. The summed E-state index contributed by atoms with van der Waals surface area (Å²) < 4.78 is 32.5. The number of rotatable bonds is 7. The molecule has 29 heavy (non-hydrogen) atoms. The van der Waals surface area contributed by atoms with E-state index in [-0.39, 0.29) is 12.4 Å². The molecule has 0 radical (unpaired) electrons. The summed E-state index contributed by atoms with van der Waals surface area (Å²) in [6.07, 6.45) is 0. The summed E-state index contributed by atoms with van der Waals surface area (Å²) >= 11 is 0. The van der Waals surface area contributed by atoms with Crippen molar-refractivity contribution in [2.45, 2.75) is 26.8 Å². The molecule has 10 heteroatoms. The molecule has 0 aliphatic carbocycles. The summed E-state index contributed by atoms with van der Waals surface area (Å²) in [7, 11) is 1.38. The van der Waals surface area contributed by atoms with E-state index in [1.54, 1.807) is 20.8 Å². The van der Waals surface area contributed by atoms with Crippen molar-refractivity contribution in [2.75, 3.05) is 18.9 Å². The molecular formula is C19H22F2N4O4. The van der Waals surface area contributed by atoms with Gasteiger partial charge in [0.05, 0.1) is 6.54 Å². The predicted octanol–water partition coefficient (Wildman–Crippen LogP) is 2.11. The van der Waals surface area contributed by atoms with Crippen LogP contribution >= 0.6 is 0 Å². The average molecular weight is 408 g/mol. The minimum absolute atomic E-state index is 0.206. The van der Waals surface area contributed by atoms with Gasteiger partial charge in [0, 0.05) is 13.1 Å². The number of amides is 3. The highest BCUT2D eigenvalue weighted by Gasteiger charge is 2.30. The molecule has 0 aliphatic rings. The van der Waals surface area contributed by atoms with E-state index in [2.05, 4.69) is 15.8 Å². The standard InChI is InChI=1S/C19H22F2N4O4/c1-10(2)17(23-18(27)16-12(20)6-5-7-13(16)21)19(28)25(4)9-15(26)22-14-8-11(3)29-24-14/h5-8,10,17H,9H2,1-4H3,(H,23,27)(H,22,24,26). The van der Waals surface area contributed by atoms with Crippen LogP contribution in [0.2, 0.25) is 0 Å². The fraction of sp³-hybridized carbons (Fsp3) is 0.368. The number of aromatic nitrogens is 1. The maximum absolute atomic E-state index is 13.8. The van der Waals surface area contributed by atoms with Gasteiger partial charge in [-0.3, -0.25) is 14.4 Å². The number of aryl methyl sites for hydroxylation is 1. The van der Waals surface area contributed by atoms with Gasteiger partial charge >= 0.3 is 0 Å². The summed E-state index contributed by atoms with van der Waals surface area (Å²) in [5.41, 5.74) is -0.771. The van der Waals surface area contributed by atoms with Crippen molar-refractivity contribution in [3.8, 4) is 0 Å². The molecule has 0 saturated carbocycles. The Balaban J connectivity index is 2.06. The summed E-state index contributed by atoms with van der Waals surface area (Å²) in [5, 5.41) is 8.45. The lowest BCUT2D eigenvalue weighted by molar-refractivity contribution is -0.135. The Kier molecular flexibility index (Phi) is 7.03. The molecule has 0 spiro atoms. The van der Waals surface area contributed by atoms with Crippen LogP contribution in [-0.4, -0.2) is 47.4 Å². The number of hydrogen-bond acceptors (Lipinski definition) is 5. The van der Waals surface area contributed by atoms with E-state index in [9.17, 15) is 23.2 Å². The molecule has 2 rings (SSSR count). The van der Waals surface area contributed by atoms with Crippen molar-refractivity contribution in [3.63, 3.8) is 0 Å². The van der Waals surface area contributed by atoms with Crippen LogP contribution < -0.4 is 10.6 Å². The summed E-state index contributed by atoms with van der Waals surface area (Å²) in [5.74, 6) is -3.92. The predicted molar refractivity (Wildman–Crippen MR) is 100.0 cm³/mol. The third kappa shape index (κ3) is 5.59. The van der Waals surface area contributed by atoms with Crippen molar-refractivity contribution >= 4 is 23.5 Å². The highest BCUT2D eigenvalue weighted by molar-refractivity contribution is 5.99. The molecule has 1 aromatic heterocycles. The van der Waals surface area contributed by atoms with E-state index in [1.807, 2.05) is 0 Å². The van der Waals surface area contributed by atoms with E-state index in [0.717, 1.165) is 23.1 Å². The molecule has 1 aromatic carbocycles. The van der Waals surface area contributed by atoms with E-state index in [0.29, 0.717) is 5.76 Å². The molecule has 1 heterocycles. The number of carbonyl (C=O) groups is 3. The van der Waals surface area contributed by atoms with E-state index >= 15 is 0 Å². The lowest BCUT2D eigenvalue weighted by Crippen LogP contribution is -2.51. The van der Waals surface area contributed by atoms with Gasteiger partial charge in [0.2, 0.25) is 11.8 Å². The van der Waals surface area contributed by atoms with E-state index < -0.39 is 46.9 Å². The van der Waals surface area contributed by atoms with Crippen LogP contribution in [0, 0.1) is 24.5 Å². The third-order valence-electron chi connectivity index (χ3n) is 4.06. The van der Waals surface area contributed by atoms with Crippen molar-refractivity contribution in [1.29, 1.82) is 0 Å². The highest BCUT2D eigenvalue weighted by Crippen LogP contribution is 2.14. The number of nitrogens with one attached hydrogen (secondary N) is 2. The summed E-state index contributed by atoms with van der Waals surface area (Å²) in [6, 6.07) is 3.46. The van der Waals surface area contributed by atoms with Crippen LogP contribution in [0.3, 0.4) is 0 Å². The maximum Gasteiger partial charge on any atom is 0.257 e. The second-order valence-electron chi connectivity index (χ2n) is 6.86. The van der Waals surface area contributed by atoms with Gasteiger partial charge in [-0.05, 0) is 25.0 Å². The Morgan fingerprint density at radius 3 is 2.34 bits per heavy atom. The highest BCUT2D eigenvalue weighted by atomic mass is 19.1. The van der Waals surface area contributed by atoms with Gasteiger partial charge in [0.25, 0.3) is 5.91 Å². The second kappa shape index (κ2) is 9.26. The normalized spacial score (nSPS) is 11.8. The lowest BCUT2D eigenvalue weighted by atomic mass is 10.0. The first-order valence-electron chi connectivity index (χ1n) is 8.83. The SMILES string of the molecule is Cc1cc(NC(=O)CN(C)C(=O)C(NC(=O)c2c(F)cccc2F)C(C)C)no1. The Bertz CT molecular complexity index is 893. The molecule has 1 atom stereocenters. The number of anilines is 1. The van der Waals surface area contributed by atoms with Crippen LogP contribution in [0.15, 0.2) is 28.8 Å².